The minimum atomic E-state index is -1.66. The summed E-state index contributed by atoms with van der Waals surface area (Å²) in [6, 6.07) is 9.13. The fourth-order valence-corrected chi connectivity index (χ4v) is 9.13. The average molecular weight is 587 g/mol. The highest BCUT2D eigenvalue weighted by atomic mass is 16.6. The molecule has 2 saturated carbocycles. The molecule has 2 bridgehead atoms. The van der Waals surface area contributed by atoms with E-state index in [0.717, 1.165) is 5.56 Å². The lowest BCUT2D eigenvalue weighted by Gasteiger charge is -2.72. The van der Waals surface area contributed by atoms with Gasteiger partial charge in [0.25, 0.3) is 0 Å². The largest absolute Gasteiger partial charge is 0.456 e. The van der Waals surface area contributed by atoms with Crippen molar-refractivity contribution in [1.29, 1.82) is 0 Å². The Morgan fingerprint density at radius 2 is 1.71 bits per heavy atom. The van der Waals surface area contributed by atoms with Crippen LogP contribution in [0.3, 0.4) is 0 Å². The third kappa shape index (κ3) is 3.70. The SMILES string of the molecule is COC1CC2OC[C@@]2(O)C2(C)[C@H](C)C3(O)CC(OC(=O)C(O)[C@@H](C)c4ccccc4)C(C)=C(C(O)C(=O)[C@]12C)C3(C)C. The normalized spacial score (nSPS) is 44.1. The molecule has 42 heavy (non-hydrogen) atoms. The van der Waals surface area contributed by atoms with E-state index in [9.17, 15) is 30.0 Å². The Labute approximate surface area is 247 Å². The van der Waals surface area contributed by atoms with Crippen molar-refractivity contribution in [2.75, 3.05) is 13.7 Å². The number of Topliss-reactive ketones (excluding diaryl/α,β-unsaturated/α-hetero) is 1. The lowest BCUT2D eigenvalue weighted by molar-refractivity contribution is -0.373. The van der Waals surface area contributed by atoms with E-state index in [1.807, 2.05) is 37.3 Å². The maximum absolute atomic E-state index is 14.6. The number of ketones is 1. The molecular weight excluding hydrogens is 540 g/mol. The van der Waals surface area contributed by atoms with Crippen LogP contribution in [0, 0.1) is 22.2 Å². The second-order valence-corrected chi connectivity index (χ2v) is 14.0. The Kier molecular flexibility index (Phi) is 7.40. The zero-order valence-corrected chi connectivity index (χ0v) is 25.9. The van der Waals surface area contributed by atoms with Crippen molar-refractivity contribution < 1.29 is 44.2 Å². The van der Waals surface area contributed by atoms with Crippen LogP contribution in [0.5, 0.6) is 0 Å². The molecule has 9 heteroatoms. The molecule has 1 aromatic rings. The summed E-state index contributed by atoms with van der Waals surface area (Å²) in [6.07, 6.45) is -5.24. The summed E-state index contributed by atoms with van der Waals surface area (Å²) < 4.78 is 17.6. The Morgan fingerprint density at radius 3 is 2.26 bits per heavy atom. The molecule has 0 amide bonds. The van der Waals surface area contributed by atoms with E-state index in [4.69, 9.17) is 14.2 Å². The van der Waals surface area contributed by atoms with Gasteiger partial charge in [-0.2, -0.15) is 0 Å². The van der Waals surface area contributed by atoms with Gasteiger partial charge in [-0.3, -0.25) is 4.79 Å². The van der Waals surface area contributed by atoms with Crippen LogP contribution in [0.4, 0.5) is 0 Å². The van der Waals surface area contributed by atoms with E-state index in [-0.39, 0.29) is 25.0 Å². The van der Waals surface area contributed by atoms with Crippen LogP contribution in [0.15, 0.2) is 41.5 Å². The van der Waals surface area contributed by atoms with Crippen LogP contribution in [0.1, 0.15) is 72.8 Å². The van der Waals surface area contributed by atoms with E-state index in [0.29, 0.717) is 5.57 Å². The summed E-state index contributed by atoms with van der Waals surface area (Å²) in [5.74, 6) is -2.68. The first-order chi connectivity index (χ1) is 19.4. The second-order valence-electron chi connectivity index (χ2n) is 14.0. The Balaban J connectivity index is 1.62. The molecule has 1 heterocycles. The number of benzene rings is 1. The smallest absolute Gasteiger partial charge is 0.336 e. The fraction of sp³-hybridized carbons (Fsp3) is 0.697. The Hall–Kier alpha value is -2.14. The van der Waals surface area contributed by atoms with Crippen LogP contribution < -0.4 is 0 Å². The van der Waals surface area contributed by atoms with Crippen LogP contribution in [0.2, 0.25) is 0 Å². The summed E-state index contributed by atoms with van der Waals surface area (Å²) >= 11 is 0. The van der Waals surface area contributed by atoms with Gasteiger partial charge in [-0.15, -0.1) is 0 Å². The van der Waals surface area contributed by atoms with Crippen LogP contribution >= 0.6 is 0 Å². The maximum atomic E-state index is 14.6. The molecule has 7 unspecified atom stereocenters. The fourth-order valence-electron chi connectivity index (χ4n) is 9.13. The molecule has 4 aliphatic rings. The van der Waals surface area contributed by atoms with Gasteiger partial charge in [-0.25, -0.2) is 4.79 Å². The summed E-state index contributed by atoms with van der Waals surface area (Å²) in [7, 11) is 1.50. The lowest BCUT2D eigenvalue weighted by atomic mass is 9.36. The van der Waals surface area contributed by atoms with Crippen LogP contribution in [0.25, 0.3) is 0 Å². The number of rotatable bonds is 5. The quantitative estimate of drug-likeness (QED) is 0.303. The number of aliphatic hydroxyl groups is 4. The topological polar surface area (TPSA) is 143 Å². The van der Waals surface area contributed by atoms with Gasteiger partial charge >= 0.3 is 5.97 Å². The minimum Gasteiger partial charge on any atom is -0.456 e. The first kappa shape index (κ1) is 31.3. The van der Waals surface area contributed by atoms with E-state index in [1.54, 1.807) is 41.5 Å². The van der Waals surface area contributed by atoms with Gasteiger partial charge in [0.15, 0.2) is 11.9 Å². The van der Waals surface area contributed by atoms with Crippen molar-refractivity contribution in [1.82, 2.24) is 0 Å². The second kappa shape index (κ2) is 9.94. The number of fused-ring (bicyclic) bond motifs is 5. The highest BCUT2D eigenvalue weighted by Crippen LogP contribution is 2.70. The molecule has 4 N–H and O–H groups in total. The Bertz CT molecular complexity index is 1290. The number of methoxy groups -OCH3 is 1. The molecule has 0 radical (unpaired) electrons. The molecule has 232 valence electrons. The molecule has 1 aromatic carbocycles. The van der Waals surface area contributed by atoms with Crippen LogP contribution in [-0.2, 0) is 23.8 Å². The first-order valence-electron chi connectivity index (χ1n) is 14.9. The lowest BCUT2D eigenvalue weighted by Crippen LogP contribution is -2.83. The summed E-state index contributed by atoms with van der Waals surface area (Å²) in [5.41, 5.74) is -5.46. The van der Waals surface area contributed by atoms with Crippen molar-refractivity contribution in [3.63, 3.8) is 0 Å². The van der Waals surface area contributed by atoms with Gasteiger partial charge in [-0.05, 0) is 36.5 Å². The number of carbonyl (C=O) groups excluding carboxylic acids is 2. The van der Waals surface area contributed by atoms with E-state index in [1.165, 1.54) is 7.11 Å². The molecular formula is C33H46O9. The number of hydrogen-bond acceptors (Lipinski definition) is 9. The van der Waals surface area contributed by atoms with E-state index < -0.39 is 81.6 Å². The molecule has 0 aromatic heterocycles. The van der Waals surface area contributed by atoms with Gasteiger partial charge in [0.05, 0.1) is 29.8 Å². The number of ether oxygens (including phenoxy) is 3. The summed E-state index contributed by atoms with van der Waals surface area (Å²) in [5, 5.41) is 47.9. The van der Waals surface area contributed by atoms with Crippen molar-refractivity contribution in [2.45, 2.75) is 109 Å². The van der Waals surface area contributed by atoms with Gasteiger partial charge in [0, 0.05) is 36.7 Å². The van der Waals surface area contributed by atoms with Gasteiger partial charge in [-0.1, -0.05) is 65.0 Å². The van der Waals surface area contributed by atoms with Gasteiger partial charge in [0.2, 0.25) is 0 Å². The molecule has 5 rings (SSSR count). The van der Waals surface area contributed by atoms with Gasteiger partial charge in [0.1, 0.15) is 17.8 Å². The van der Waals surface area contributed by atoms with Crippen molar-refractivity contribution in [3.8, 4) is 0 Å². The molecule has 1 aliphatic heterocycles. The number of esters is 1. The zero-order chi connectivity index (χ0) is 31.2. The third-order valence-electron chi connectivity index (χ3n) is 12.4. The predicted molar refractivity (Wildman–Crippen MR) is 153 cm³/mol. The highest BCUT2D eigenvalue weighted by Gasteiger charge is 2.79. The number of aliphatic hydroxyl groups excluding tert-OH is 2. The maximum Gasteiger partial charge on any atom is 0.336 e. The standard InChI is InChI=1S/C33H46O9/c1-17(20-12-10-9-11-13-20)25(34)28(37)42-21-15-32(38)19(3)31(7)30(6,22(40-8)14-23-33(31,39)16-41-23)27(36)26(35)24(18(21)2)29(32,4)5/h9-13,17,19,21-23,25-26,34-35,38-39H,14-16H2,1-8H3/t17-,19-,21?,22?,23?,25?,26?,30-,31?,32?,33-/m0/s1. The molecule has 9 nitrogen and oxygen atoms in total. The van der Waals surface area contributed by atoms with Crippen LogP contribution in [-0.4, -0.2) is 87.6 Å². The van der Waals surface area contributed by atoms with Crippen molar-refractivity contribution in [3.05, 3.63) is 47.0 Å². The molecule has 11 atom stereocenters. The first-order valence-corrected chi connectivity index (χ1v) is 14.9. The van der Waals surface area contributed by atoms with Crippen molar-refractivity contribution in [2.24, 2.45) is 22.2 Å². The molecule has 3 fully saturated rings. The minimum absolute atomic E-state index is 0.0197. The van der Waals surface area contributed by atoms with E-state index >= 15 is 0 Å². The van der Waals surface area contributed by atoms with Gasteiger partial charge < -0.3 is 34.6 Å². The zero-order valence-electron chi connectivity index (χ0n) is 25.9. The highest BCUT2D eigenvalue weighted by molar-refractivity contribution is 5.94. The monoisotopic (exact) mass is 586 g/mol. The molecule has 3 aliphatic carbocycles. The molecule has 1 saturated heterocycles. The van der Waals surface area contributed by atoms with E-state index in [2.05, 4.69) is 0 Å². The average Bonchev–Trinajstić information content (AvgIpc) is 2.96. The number of hydrogen-bond donors (Lipinski definition) is 4. The summed E-state index contributed by atoms with van der Waals surface area (Å²) in [4.78, 5) is 27.9. The summed E-state index contributed by atoms with van der Waals surface area (Å²) in [6.45, 7) is 12.3. The molecule has 0 spiro atoms. The predicted octanol–water partition coefficient (Wildman–Crippen LogP) is 2.68. The van der Waals surface area contributed by atoms with Crippen molar-refractivity contribution >= 4 is 11.8 Å². The Morgan fingerprint density at radius 1 is 1.10 bits per heavy atom. The number of carbonyl (C=O) groups is 2. The third-order valence-corrected chi connectivity index (χ3v) is 12.4.